The van der Waals surface area contributed by atoms with E-state index < -0.39 is 40.7 Å². The highest BCUT2D eigenvalue weighted by molar-refractivity contribution is 5.69. The molecule has 3 unspecified atom stereocenters. The number of fused-ring (bicyclic) bond motifs is 7. The molecule has 238 valence electrons. The first-order chi connectivity index (χ1) is 19.5. The van der Waals surface area contributed by atoms with Gasteiger partial charge in [-0.2, -0.15) is 0 Å². The summed E-state index contributed by atoms with van der Waals surface area (Å²) in [6.45, 7) is 16.6. The van der Waals surface area contributed by atoms with Gasteiger partial charge in [-0.3, -0.25) is 4.79 Å². The zero-order valence-corrected chi connectivity index (χ0v) is 26.7. The number of ether oxygens (including phenoxy) is 1. The van der Waals surface area contributed by atoms with Crippen LogP contribution >= 0.6 is 0 Å². The van der Waals surface area contributed by atoms with E-state index in [1.54, 1.807) is 6.08 Å². The lowest BCUT2D eigenvalue weighted by atomic mass is 9.33. The Bertz CT molecular complexity index is 1120. The molecule has 0 heterocycles. The van der Waals surface area contributed by atoms with Crippen molar-refractivity contribution >= 4 is 5.97 Å². The fourth-order valence-corrected chi connectivity index (χ4v) is 11.4. The number of esters is 1. The molecule has 7 nitrogen and oxygen atoms in total. The van der Waals surface area contributed by atoms with Gasteiger partial charge in [0.15, 0.2) is 0 Å². The molecule has 5 rings (SSSR count). The van der Waals surface area contributed by atoms with Crippen molar-refractivity contribution in [1.29, 1.82) is 0 Å². The van der Waals surface area contributed by atoms with Crippen LogP contribution in [0, 0.1) is 50.2 Å². The molecule has 7 heteroatoms. The van der Waals surface area contributed by atoms with E-state index in [0.29, 0.717) is 38.0 Å². The molecule has 5 aliphatic carbocycles. The molecule has 42 heavy (non-hydrogen) atoms. The molecule has 0 aromatic heterocycles. The topological polar surface area (TPSA) is 127 Å². The zero-order valence-electron chi connectivity index (χ0n) is 26.7. The van der Waals surface area contributed by atoms with Gasteiger partial charge in [0.2, 0.25) is 0 Å². The summed E-state index contributed by atoms with van der Waals surface area (Å²) in [5.41, 5.74) is -1.67. The molecular formula is C35H56O7. The molecule has 0 saturated heterocycles. The van der Waals surface area contributed by atoms with Crippen molar-refractivity contribution in [2.24, 2.45) is 50.2 Å². The van der Waals surface area contributed by atoms with E-state index in [1.807, 2.05) is 13.8 Å². The van der Waals surface area contributed by atoms with Gasteiger partial charge >= 0.3 is 5.97 Å². The summed E-state index contributed by atoms with van der Waals surface area (Å²) in [5, 5.41) is 56.5. The predicted molar refractivity (Wildman–Crippen MR) is 161 cm³/mol. The monoisotopic (exact) mass is 588 g/mol. The number of rotatable bonds is 6. The van der Waals surface area contributed by atoms with E-state index in [2.05, 4.69) is 40.3 Å². The number of hydrogen-bond acceptors (Lipinski definition) is 7. The van der Waals surface area contributed by atoms with Gasteiger partial charge in [-0.1, -0.05) is 59.3 Å². The number of aliphatic hydroxyl groups is 5. The third-order valence-electron chi connectivity index (χ3n) is 14.3. The first kappa shape index (κ1) is 32.2. The fraction of sp³-hybridized carbons (Fsp3) is 0.857. The van der Waals surface area contributed by atoms with Gasteiger partial charge in [0.25, 0.3) is 0 Å². The maximum absolute atomic E-state index is 12.5. The van der Waals surface area contributed by atoms with Crippen LogP contribution in [-0.2, 0) is 9.53 Å². The minimum atomic E-state index is -1.22. The molecule has 4 saturated carbocycles. The highest BCUT2D eigenvalue weighted by atomic mass is 16.5. The lowest BCUT2D eigenvalue weighted by Gasteiger charge is -2.72. The van der Waals surface area contributed by atoms with Crippen LogP contribution < -0.4 is 0 Å². The van der Waals surface area contributed by atoms with Crippen LogP contribution in [0.5, 0.6) is 0 Å². The number of hydrogen-bond donors (Lipinski definition) is 5. The highest BCUT2D eigenvalue weighted by Gasteiger charge is 2.72. The minimum absolute atomic E-state index is 0.0996. The Balaban J connectivity index is 1.52. The number of aliphatic hydroxyl groups excluding tert-OH is 5. The van der Waals surface area contributed by atoms with Crippen molar-refractivity contribution in [3.63, 3.8) is 0 Å². The SMILES string of the molecule is C=CCCC(=O)OC[C@]1(C)C2CC[C@]3(C)C(CC=C4C5CC(C)(C)[C@@H](O)[C@H](O)[C@]5(CO)[C@H](O)C[C@]43C)[C@@]2(C)CC[C@@H]1O. The van der Waals surface area contributed by atoms with Crippen molar-refractivity contribution in [3.05, 3.63) is 24.3 Å². The maximum Gasteiger partial charge on any atom is 0.306 e. The standard InChI is InChI=1S/C35H56O7/c1-8-9-10-27(39)42-20-32(5)23-13-16-33(6)24(31(23,4)15-14-25(32)37)12-11-21-22-17-30(2,3)28(40)29(41)35(22,19-36)26(38)18-34(21,33)7/h8,11,22-26,28-29,36-38,40-41H,1,9-10,12-20H2,2-7H3/t22?,23?,24?,25-,26+,28-,29-,31-,32+,33+,34+,35-/m0/s1. The maximum atomic E-state index is 12.5. The molecule has 0 aromatic rings. The van der Waals surface area contributed by atoms with E-state index >= 15 is 0 Å². The third-order valence-corrected chi connectivity index (χ3v) is 14.3. The minimum Gasteiger partial charge on any atom is -0.465 e. The molecule has 0 aromatic carbocycles. The van der Waals surface area contributed by atoms with E-state index in [4.69, 9.17) is 4.74 Å². The highest BCUT2D eigenvalue weighted by Crippen LogP contribution is 2.75. The van der Waals surface area contributed by atoms with Gasteiger partial charge in [-0.25, -0.2) is 0 Å². The lowest BCUT2D eigenvalue weighted by Crippen LogP contribution is -2.71. The molecule has 4 fully saturated rings. The molecule has 0 aliphatic heterocycles. The van der Waals surface area contributed by atoms with Crippen molar-refractivity contribution < 1.29 is 35.1 Å². The van der Waals surface area contributed by atoms with Crippen LogP contribution in [0.2, 0.25) is 0 Å². The average molecular weight is 589 g/mol. The number of allylic oxidation sites excluding steroid dienone is 3. The number of carbonyl (C=O) groups is 1. The largest absolute Gasteiger partial charge is 0.465 e. The Kier molecular flexibility index (Phi) is 7.96. The summed E-state index contributed by atoms with van der Waals surface area (Å²) in [4.78, 5) is 12.5. The summed E-state index contributed by atoms with van der Waals surface area (Å²) in [7, 11) is 0. The molecular weight excluding hydrogens is 532 g/mol. The Labute approximate surface area is 252 Å². The predicted octanol–water partition coefficient (Wildman–Crippen LogP) is 4.54. The Hall–Kier alpha value is -1.25. The van der Waals surface area contributed by atoms with E-state index in [0.717, 1.165) is 25.7 Å². The van der Waals surface area contributed by atoms with Gasteiger partial charge in [0.05, 0.1) is 43.0 Å². The normalized spacial score (nSPS) is 51.2. The molecule has 12 atom stereocenters. The van der Waals surface area contributed by atoms with Gasteiger partial charge in [0, 0.05) is 11.8 Å². The molecule has 0 radical (unpaired) electrons. The van der Waals surface area contributed by atoms with Crippen molar-refractivity contribution in [1.82, 2.24) is 0 Å². The molecule has 0 bridgehead atoms. The summed E-state index contributed by atoms with van der Waals surface area (Å²) < 4.78 is 5.79. The van der Waals surface area contributed by atoms with Gasteiger partial charge < -0.3 is 30.3 Å². The van der Waals surface area contributed by atoms with Crippen LogP contribution in [0.25, 0.3) is 0 Å². The molecule has 5 aliphatic rings. The molecule has 0 spiro atoms. The second-order valence-electron chi connectivity index (χ2n) is 16.5. The molecule has 5 N–H and O–H groups in total. The van der Waals surface area contributed by atoms with Crippen LogP contribution in [0.15, 0.2) is 24.3 Å². The first-order valence-corrected chi connectivity index (χ1v) is 16.3. The van der Waals surface area contributed by atoms with Crippen molar-refractivity contribution in [2.45, 2.75) is 124 Å². The van der Waals surface area contributed by atoms with Gasteiger partial charge in [0.1, 0.15) is 0 Å². The van der Waals surface area contributed by atoms with Gasteiger partial charge in [-0.15, -0.1) is 6.58 Å². The van der Waals surface area contributed by atoms with E-state index in [1.165, 1.54) is 5.57 Å². The number of carbonyl (C=O) groups excluding carboxylic acids is 1. The first-order valence-electron chi connectivity index (χ1n) is 16.3. The van der Waals surface area contributed by atoms with Crippen LogP contribution in [0.4, 0.5) is 0 Å². The van der Waals surface area contributed by atoms with Gasteiger partial charge in [-0.05, 0) is 90.8 Å². The van der Waals surface area contributed by atoms with Crippen molar-refractivity contribution in [2.75, 3.05) is 13.2 Å². The Morgan fingerprint density at radius 1 is 0.976 bits per heavy atom. The summed E-state index contributed by atoms with van der Waals surface area (Å²) >= 11 is 0. The van der Waals surface area contributed by atoms with Crippen LogP contribution in [0.3, 0.4) is 0 Å². The summed E-state index contributed by atoms with van der Waals surface area (Å²) in [6.07, 6.45) is 6.43. The zero-order chi connectivity index (χ0) is 31.1. The van der Waals surface area contributed by atoms with E-state index in [9.17, 15) is 30.3 Å². The fourth-order valence-electron chi connectivity index (χ4n) is 11.4. The second-order valence-corrected chi connectivity index (χ2v) is 16.5. The van der Waals surface area contributed by atoms with Crippen LogP contribution in [-0.4, -0.2) is 69.1 Å². The molecule has 0 amide bonds. The van der Waals surface area contributed by atoms with E-state index in [-0.39, 0.29) is 47.3 Å². The average Bonchev–Trinajstić information content (AvgIpc) is 2.92. The second kappa shape index (κ2) is 10.4. The third kappa shape index (κ3) is 4.12. The van der Waals surface area contributed by atoms with Crippen molar-refractivity contribution in [3.8, 4) is 0 Å². The Morgan fingerprint density at radius 3 is 2.31 bits per heavy atom. The van der Waals surface area contributed by atoms with Crippen LogP contribution in [0.1, 0.15) is 99.3 Å². The Morgan fingerprint density at radius 2 is 1.67 bits per heavy atom. The lowest BCUT2D eigenvalue weighted by molar-refractivity contribution is -0.259. The smallest absolute Gasteiger partial charge is 0.306 e. The summed E-state index contributed by atoms with van der Waals surface area (Å²) in [5.74, 6) is -0.0170. The summed E-state index contributed by atoms with van der Waals surface area (Å²) in [6, 6.07) is 0. The quantitative estimate of drug-likeness (QED) is 0.228.